The summed E-state index contributed by atoms with van der Waals surface area (Å²) in [6.07, 6.45) is -0.429. The van der Waals surface area contributed by atoms with E-state index in [0.29, 0.717) is 17.9 Å². The lowest BCUT2D eigenvalue weighted by atomic mass is 10.2. The van der Waals surface area contributed by atoms with E-state index in [4.69, 9.17) is 4.74 Å². The topological polar surface area (TPSA) is 38.3 Å². The van der Waals surface area contributed by atoms with Crippen molar-refractivity contribution in [3.05, 3.63) is 35.6 Å². The van der Waals surface area contributed by atoms with Crippen molar-refractivity contribution in [1.82, 2.24) is 5.32 Å². The van der Waals surface area contributed by atoms with Crippen LogP contribution >= 0.6 is 11.8 Å². The first kappa shape index (κ1) is 15.0. The van der Waals surface area contributed by atoms with Crippen LogP contribution in [0.2, 0.25) is 0 Å². The molecule has 0 aliphatic rings. The molecule has 0 fully saturated rings. The Kier molecular flexibility index (Phi) is 6.75. The van der Waals surface area contributed by atoms with Gasteiger partial charge in [-0.2, -0.15) is 11.8 Å². The monoisotopic (exact) mass is 271 g/mol. The van der Waals surface area contributed by atoms with E-state index < -0.39 is 6.10 Å². The largest absolute Gasteiger partial charge is 0.372 e. The van der Waals surface area contributed by atoms with Gasteiger partial charge in [0.2, 0.25) is 5.91 Å². The molecule has 1 atom stereocenters. The summed E-state index contributed by atoms with van der Waals surface area (Å²) in [6, 6.07) is 6.72. The molecule has 0 aliphatic carbocycles. The number of halogens is 1. The molecular formula is C13H18FNO2S. The Bertz CT molecular complexity index is 387. The second-order valence-corrected chi connectivity index (χ2v) is 4.92. The molecule has 1 rings (SSSR count). The van der Waals surface area contributed by atoms with Crippen LogP contribution in [0, 0.1) is 5.82 Å². The molecule has 100 valence electrons. The minimum Gasteiger partial charge on any atom is -0.372 e. The Balaban J connectivity index is 2.16. The number of carbonyl (C=O) groups is 1. The zero-order valence-corrected chi connectivity index (χ0v) is 11.4. The molecule has 1 N–H and O–H groups in total. The third-order valence-corrected chi connectivity index (χ3v) is 3.49. The summed E-state index contributed by atoms with van der Waals surface area (Å²) in [4.78, 5) is 11.4. The molecule has 1 aromatic rings. The third kappa shape index (κ3) is 5.06. The lowest BCUT2D eigenvalue weighted by Gasteiger charge is -2.10. The van der Waals surface area contributed by atoms with Gasteiger partial charge >= 0.3 is 0 Å². The number of amides is 1. The van der Waals surface area contributed by atoms with E-state index >= 15 is 0 Å². The van der Waals surface area contributed by atoms with E-state index in [2.05, 4.69) is 5.32 Å². The molecule has 1 amide bonds. The fraction of sp³-hybridized carbons (Fsp3) is 0.462. The molecule has 5 heteroatoms. The smallest absolute Gasteiger partial charge is 0.248 e. The Morgan fingerprint density at radius 3 is 2.89 bits per heavy atom. The number of thioether (sulfide) groups is 1. The van der Waals surface area contributed by atoms with Gasteiger partial charge in [0.25, 0.3) is 0 Å². The van der Waals surface area contributed by atoms with Gasteiger partial charge in [0.1, 0.15) is 11.9 Å². The third-order valence-electron chi connectivity index (χ3n) is 2.48. The maximum absolute atomic E-state index is 13.3. The zero-order chi connectivity index (χ0) is 13.4. The predicted molar refractivity (Wildman–Crippen MR) is 72.0 cm³/mol. The maximum Gasteiger partial charge on any atom is 0.248 e. The standard InChI is InChI=1S/C13H18FNO2S/c1-10(17-2)13(16)15-7-8-18-9-11-5-3-4-6-12(11)14/h3-6,10H,7-9H2,1-2H3,(H,15,16)/t10-/m1/s1. The summed E-state index contributed by atoms with van der Waals surface area (Å²) in [7, 11) is 1.50. The van der Waals surface area contributed by atoms with Crippen LogP contribution in [-0.4, -0.2) is 31.4 Å². The summed E-state index contributed by atoms with van der Waals surface area (Å²) < 4.78 is 18.2. The lowest BCUT2D eigenvalue weighted by Crippen LogP contribution is -2.35. The van der Waals surface area contributed by atoms with Crippen LogP contribution in [0.5, 0.6) is 0 Å². The molecule has 0 aliphatic heterocycles. The number of rotatable bonds is 7. The Morgan fingerprint density at radius 2 is 2.22 bits per heavy atom. The minimum absolute atomic E-state index is 0.121. The van der Waals surface area contributed by atoms with Crippen molar-refractivity contribution in [2.75, 3.05) is 19.4 Å². The zero-order valence-electron chi connectivity index (χ0n) is 10.6. The lowest BCUT2D eigenvalue weighted by molar-refractivity contribution is -0.129. The fourth-order valence-corrected chi connectivity index (χ4v) is 2.14. The second-order valence-electron chi connectivity index (χ2n) is 3.81. The molecule has 0 spiro atoms. The normalized spacial score (nSPS) is 12.2. The SMILES string of the molecule is CO[C@H](C)C(=O)NCCSCc1ccccc1F. The summed E-state index contributed by atoms with van der Waals surface area (Å²) in [5.74, 6) is 1.06. The van der Waals surface area contributed by atoms with Gasteiger partial charge in [-0.1, -0.05) is 18.2 Å². The minimum atomic E-state index is -0.429. The molecule has 3 nitrogen and oxygen atoms in total. The van der Waals surface area contributed by atoms with Crippen LogP contribution in [0.15, 0.2) is 24.3 Å². The molecule has 0 saturated heterocycles. The molecule has 0 heterocycles. The van der Waals surface area contributed by atoms with Crippen LogP contribution in [-0.2, 0) is 15.3 Å². The van der Waals surface area contributed by atoms with Crippen LogP contribution in [0.4, 0.5) is 4.39 Å². The highest BCUT2D eigenvalue weighted by Crippen LogP contribution is 2.14. The van der Waals surface area contributed by atoms with Gasteiger partial charge in [0, 0.05) is 25.2 Å². The van der Waals surface area contributed by atoms with Crippen LogP contribution in [0.3, 0.4) is 0 Å². The summed E-state index contributed by atoms with van der Waals surface area (Å²) in [5, 5.41) is 2.76. The molecule has 1 aromatic carbocycles. The fourth-order valence-electron chi connectivity index (χ4n) is 1.29. The quantitative estimate of drug-likeness (QED) is 0.773. The molecule has 0 unspecified atom stereocenters. The first-order valence-corrected chi connectivity index (χ1v) is 6.92. The predicted octanol–water partition coefficient (Wildman–Crippen LogP) is 2.21. The van der Waals surface area contributed by atoms with Gasteiger partial charge < -0.3 is 10.1 Å². The van der Waals surface area contributed by atoms with Crippen LogP contribution in [0.1, 0.15) is 12.5 Å². The number of nitrogens with one attached hydrogen (secondary N) is 1. The number of hydrogen-bond donors (Lipinski definition) is 1. The Labute approximate surface area is 111 Å². The van der Waals surface area contributed by atoms with Crippen molar-refractivity contribution in [3.8, 4) is 0 Å². The number of methoxy groups -OCH3 is 1. The highest BCUT2D eigenvalue weighted by molar-refractivity contribution is 7.98. The number of benzene rings is 1. The van der Waals surface area contributed by atoms with Crippen molar-refractivity contribution in [1.29, 1.82) is 0 Å². The van der Waals surface area contributed by atoms with Gasteiger partial charge in [0.15, 0.2) is 0 Å². The molecule has 0 bridgehead atoms. The first-order valence-electron chi connectivity index (χ1n) is 5.76. The number of carbonyl (C=O) groups excluding carboxylic acids is 1. The van der Waals surface area contributed by atoms with Crippen molar-refractivity contribution in [2.45, 2.75) is 18.8 Å². The second kappa shape index (κ2) is 8.11. The van der Waals surface area contributed by atoms with Gasteiger partial charge in [-0.05, 0) is 18.6 Å². The van der Waals surface area contributed by atoms with Gasteiger partial charge in [-0.25, -0.2) is 4.39 Å². The average Bonchev–Trinajstić information content (AvgIpc) is 2.39. The van der Waals surface area contributed by atoms with Crippen LogP contribution in [0.25, 0.3) is 0 Å². The highest BCUT2D eigenvalue weighted by Gasteiger charge is 2.09. The number of hydrogen-bond acceptors (Lipinski definition) is 3. The van der Waals surface area contributed by atoms with Gasteiger partial charge in [-0.3, -0.25) is 4.79 Å². The number of ether oxygens (including phenoxy) is 1. The molecular weight excluding hydrogens is 253 g/mol. The van der Waals surface area contributed by atoms with Gasteiger partial charge in [0.05, 0.1) is 0 Å². The molecule has 0 radical (unpaired) electrons. The van der Waals surface area contributed by atoms with Crippen molar-refractivity contribution in [2.24, 2.45) is 0 Å². The molecule has 18 heavy (non-hydrogen) atoms. The first-order chi connectivity index (χ1) is 8.65. The van der Waals surface area contributed by atoms with E-state index in [0.717, 1.165) is 5.75 Å². The molecule has 0 aromatic heterocycles. The molecule has 0 saturated carbocycles. The van der Waals surface area contributed by atoms with E-state index in [1.165, 1.54) is 13.2 Å². The Hall–Kier alpha value is -1.07. The van der Waals surface area contributed by atoms with Gasteiger partial charge in [-0.15, -0.1) is 0 Å². The summed E-state index contributed by atoms with van der Waals surface area (Å²) in [6.45, 7) is 2.26. The highest BCUT2D eigenvalue weighted by atomic mass is 32.2. The summed E-state index contributed by atoms with van der Waals surface area (Å²) in [5.41, 5.74) is 0.694. The van der Waals surface area contributed by atoms with E-state index in [9.17, 15) is 9.18 Å². The van der Waals surface area contributed by atoms with Crippen molar-refractivity contribution >= 4 is 17.7 Å². The Morgan fingerprint density at radius 1 is 1.50 bits per heavy atom. The average molecular weight is 271 g/mol. The van der Waals surface area contributed by atoms with Crippen LogP contribution < -0.4 is 5.32 Å². The van der Waals surface area contributed by atoms with E-state index in [-0.39, 0.29) is 11.7 Å². The van der Waals surface area contributed by atoms with E-state index in [1.54, 1.807) is 30.8 Å². The summed E-state index contributed by atoms with van der Waals surface area (Å²) >= 11 is 1.59. The maximum atomic E-state index is 13.3. The van der Waals surface area contributed by atoms with Crippen molar-refractivity contribution < 1.29 is 13.9 Å². The van der Waals surface area contributed by atoms with E-state index in [1.807, 2.05) is 6.07 Å². The van der Waals surface area contributed by atoms with Crippen molar-refractivity contribution in [3.63, 3.8) is 0 Å².